The number of benzene rings is 1. The van der Waals surface area contributed by atoms with E-state index in [9.17, 15) is 29.4 Å². The Morgan fingerprint density at radius 3 is 2.55 bits per heavy atom. The Labute approximate surface area is 129 Å². The average molecular weight is 322 g/mol. The van der Waals surface area contributed by atoms with Crippen LogP contribution in [0, 0.1) is 0 Å². The van der Waals surface area contributed by atoms with Crippen LogP contribution in [-0.2, 0) is 9.59 Å². The molecule has 1 saturated heterocycles. The smallest absolute Gasteiger partial charge is 0.290 e. The lowest BCUT2D eigenvalue weighted by Crippen LogP contribution is -2.37. The summed E-state index contributed by atoms with van der Waals surface area (Å²) in [7, 11) is 0. The van der Waals surface area contributed by atoms with Gasteiger partial charge in [0.05, 0.1) is 5.97 Å². The van der Waals surface area contributed by atoms with Gasteiger partial charge in [0.2, 0.25) is 0 Å². The second kappa shape index (κ2) is 6.48. The molecule has 1 heterocycles. The van der Waals surface area contributed by atoms with Crippen molar-refractivity contribution in [2.75, 3.05) is 11.9 Å². The molecule has 0 saturated carbocycles. The van der Waals surface area contributed by atoms with Crippen molar-refractivity contribution in [2.24, 2.45) is 0 Å². The summed E-state index contributed by atoms with van der Waals surface area (Å²) in [6.45, 7) is -0.284. The van der Waals surface area contributed by atoms with Gasteiger partial charge in [-0.15, -0.1) is 0 Å². The van der Waals surface area contributed by atoms with Gasteiger partial charge in [0, 0.05) is 30.2 Å². The molecule has 0 spiro atoms. The first-order valence-corrected chi connectivity index (χ1v) is 7.07. The third kappa shape index (κ3) is 3.37. The van der Waals surface area contributed by atoms with Crippen LogP contribution in [0.5, 0.6) is 0 Å². The Kier molecular flexibility index (Phi) is 4.66. The lowest BCUT2D eigenvalue weighted by molar-refractivity contribution is -0.305. The molecule has 9 heteroatoms. The molecule has 1 N–H and O–H groups in total. The van der Waals surface area contributed by atoms with Crippen molar-refractivity contribution in [3.63, 3.8) is 0 Å². The number of thioether (sulfide) groups is 1. The zero-order valence-corrected chi connectivity index (χ0v) is 11.9. The monoisotopic (exact) mass is 322 g/mol. The number of para-hydroxylation sites is 1. The highest BCUT2D eigenvalue weighted by atomic mass is 32.2. The molecule has 1 aromatic rings. The summed E-state index contributed by atoms with van der Waals surface area (Å²) in [6.07, 6.45) is -0.458. The number of amides is 2. The number of hydrogen-bond acceptors (Lipinski definition) is 8. The molecule has 1 atom stereocenters. The number of hydrogen-bond donors (Lipinski definition) is 1. The molecule has 0 radical (unpaired) electrons. The molecule has 0 unspecified atom stereocenters. The highest BCUT2D eigenvalue weighted by Crippen LogP contribution is 2.29. The van der Waals surface area contributed by atoms with Gasteiger partial charge in [-0.25, -0.2) is 0 Å². The fourth-order valence-corrected chi connectivity index (χ4v) is 2.79. The standard InChI is InChI=1S/C13H12N2O6S/c16-9(17)5-6-15-11(18)10(22-13(15)21)14-8-4-2-1-3-7(8)12(19)20/h1-4,10,14H,5-6H2,(H,16,17)(H,19,20)/p-2/t10-/m0/s1. The molecule has 116 valence electrons. The van der Waals surface area contributed by atoms with Crippen molar-refractivity contribution in [3.05, 3.63) is 29.8 Å². The van der Waals surface area contributed by atoms with E-state index in [2.05, 4.69) is 5.32 Å². The second-order valence-electron chi connectivity index (χ2n) is 4.35. The lowest BCUT2D eigenvalue weighted by Gasteiger charge is -2.17. The maximum absolute atomic E-state index is 12.1. The van der Waals surface area contributed by atoms with Crippen LogP contribution in [0.1, 0.15) is 16.8 Å². The fourth-order valence-electron chi connectivity index (χ4n) is 1.87. The van der Waals surface area contributed by atoms with Crippen molar-refractivity contribution in [3.8, 4) is 0 Å². The molecule has 0 bridgehead atoms. The van der Waals surface area contributed by atoms with Gasteiger partial charge in [-0.05, 0) is 17.8 Å². The van der Waals surface area contributed by atoms with Gasteiger partial charge < -0.3 is 25.1 Å². The van der Waals surface area contributed by atoms with Gasteiger partial charge in [0.15, 0.2) is 5.37 Å². The third-order valence-electron chi connectivity index (χ3n) is 2.90. The number of imide groups is 1. The number of nitrogens with one attached hydrogen (secondary N) is 1. The summed E-state index contributed by atoms with van der Waals surface area (Å²) in [5, 5.41) is 22.4. The van der Waals surface area contributed by atoms with Gasteiger partial charge in [-0.1, -0.05) is 18.2 Å². The van der Waals surface area contributed by atoms with Gasteiger partial charge in [0.25, 0.3) is 11.1 Å². The van der Waals surface area contributed by atoms with Crippen LogP contribution in [0.2, 0.25) is 0 Å². The largest absolute Gasteiger partial charge is 0.550 e. The van der Waals surface area contributed by atoms with Gasteiger partial charge in [-0.3, -0.25) is 14.5 Å². The van der Waals surface area contributed by atoms with E-state index < -0.39 is 34.9 Å². The van der Waals surface area contributed by atoms with Gasteiger partial charge in [-0.2, -0.15) is 0 Å². The van der Waals surface area contributed by atoms with Crippen LogP contribution in [0.3, 0.4) is 0 Å². The quantitative estimate of drug-likeness (QED) is 0.678. The summed E-state index contributed by atoms with van der Waals surface area (Å²) in [5.74, 6) is -3.42. The molecule has 0 aromatic heterocycles. The average Bonchev–Trinajstić information content (AvgIpc) is 2.71. The van der Waals surface area contributed by atoms with E-state index in [0.717, 1.165) is 4.90 Å². The Balaban J connectivity index is 2.12. The lowest BCUT2D eigenvalue weighted by atomic mass is 10.2. The summed E-state index contributed by atoms with van der Waals surface area (Å²) >= 11 is 0.648. The highest BCUT2D eigenvalue weighted by molar-refractivity contribution is 8.15. The SMILES string of the molecule is O=C([O-])CCN1C(=O)S[C@H](Nc2ccccc2C(=O)[O-])C1=O. The minimum Gasteiger partial charge on any atom is -0.550 e. The van der Waals surface area contributed by atoms with Crippen LogP contribution in [0.25, 0.3) is 0 Å². The summed E-state index contributed by atoms with van der Waals surface area (Å²) < 4.78 is 0. The molecule has 2 amide bonds. The van der Waals surface area contributed by atoms with E-state index in [0.29, 0.717) is 11.8 Å². The van der Waals surface area contributed by atoms with Crippen molar-refractivity contribution in [1.82, 2.24) is 4.90 Å². The van der Waals surface area contributed by atoms with Crippen molar-refractivity contribution in [1.29, 1.82) is 0 Å². The highest BCUT2D eigenvalue weighted by Gasteiger charge is 2.39. The Morgan fingerprint density at radius 1 is 1.23 bits per heavy atom. The number of carboxylic acids is 2. The number of carbonyl (C=O) groups excluding carboxylic acids is 4. The van der Waals surface area contributed by atoms with E-state index in [-0.39, 0.29) is 17.8 Å². The molecule has 2 rings (SSSR count). The predicted molar refractivity (Wildman–Crippen MR) is 72.5 cm³/mol. The van der Waals surface area contributed by atoms with Crippen LogP contribution < -0.4 is 15.5 Å². The molecule has 22 heavy (non-hydrogen) atoms. The fraction of sp³-hybridized carbons (Fsp3) is 0.231. The zero-order valence-electron chi connectivity index (χ0n) is 11.1. The number of carbonyl (C=O) groups is 4. The number of carboxylic acid groups (broad SMARTS) is 2. The molecule has 0 aliphatic carbocycles. The zero-order chi connectivity index (χ0) is 16.3. The Morgan fingerprint density at radius 2 is 1.91 bits per heavy atom. The first-order valence-electron chi connectivity index (χ1n) is 6.19. The summed E-state index contributed by atoms with van der Waals surface area (Å²) in [4.78, 5) is 46.0. The summed E-state index contributed by atoms with van der Waals surface area (Å²) in [6, 6.07) is 5.80. The first kappa shape index (κ1) is 15.8. The van der Waals surface area contributed by atoms with Crippen LogP contribution in [0.15, 0.2) is 24.3 Å². The Hall–Kier alpha value is -2.55. The van der Waals surface area contributed by atoms with E-state index in [1.807, 2.05) is 0 Å². The summed E-state index contributed by atoms with van der Waals surface area (Å²) in [5.41, 5.74) is -0.000522. The van der Waals surface area contributed by atoms with Crippen LogP contribution >= 0.6 is 11.8 Å². The topological polar surface area (TPSA) is 130 Å². The van der Waals surface area contributed by atoms with E-state index in [1.54, 1.807) is 6.07 Å². The number of aliphatic carboxylic acids is 1. The van der Waals surface area contributed by atoms with Crippen molar-refractivity contribution >= 4 is 40.5 Å². The van der Waals surface area contributed by atoms with Crippen LogP contribution in [-0.4, -0.2) is 39.9 Å². The molecule has 8 nitrogen and oxygen atoms in total. The van der Waals surface area contributed by atoms with E-state index in [1.165, 1.54) is 18.2 Å². The minimum absolute atomic E-state index is 0.142. The van der Waals surface area contributed by atoms with Crippen molar-refractivity contribution in [2.45, 2.75) is 11.8 Å². The van der Waals surface area contributed by atoms with Gasteiger partial charge >= 0.3 is 0 Å². The molecular formula is C13H10N2O6S-2. The molecular weight excluding hydrogens is 312 g/mol. The van der Waals surface area contributed by atoms with E-state index >= 15 is 0 Å². The molecule has 1 aromatic carbocycles. The van der Waals surface area contributed by atoms with Crippen molar-refractivity contribution < 1.29 is 29.4 Å². The number of rotatable bonds is 6. The second-order valence-corrected chi connectivity index (χ2v) is 5.41. The maximum Gasteiger partial charge on any atom is 0.290 e. The predicted octanol–water partition coefficient (Wildman–Crippen LogP) is -1.38. The first-order chi connectivity index (χ1) is 10.4. The number of aromatic carboxylic acids is 1. The Bertz CT molecular complexity index is 647. The molecule has 1 aliphatic rings. The van der Waals surface area contributed by atoms with Crippen LogP contribution in [0.4, 0.5) is 10.5 Å². The number of nitrogens with zero attached hydrogens (tertiary/aromatic N) is 1. The van der Waals surface area contributed by atoms with E-state index in [4.69, 9.17) is 0 Å². The third-order valence-corrected chi connectivity index (χ3v) is 3.88. The minimum atomic E-state index is -1.42. The normalized spacial score (nSPS) is 17.6. The maximum atomic E-state index is 12.1. The van der Waals surface area contributed by atoms with Gasteiger partial charge in [0.1, 0.15) is 0 Å². The molecule has 1 fully saturated rings. The molecule has 1 aliphatic heterocycles. The number of anilines is 1.